The highest BCUT2D eigenvalue weighted by molar-refractivity contribution is 5.61. The van der Waals surface area contributed by atoms with Crippen LogP contribution in [0.3, 0.4) is 0 Å². The number of hydrogen-bond acceptors (Lipinski definition) is 2. The van der Waals surface area contributed by atoms with E-state index in [2.05, 4.69) is 18.8 Å². The molecular formula is C11H15NO. The predicted octanol–water partition coefficient (Wildman–Crippen LogP) is 2.82. The number of allylic oxidation sites excluding steroid dienone is 3. The van der Waals surface area contributed by atoms with E-state index in [1.165, 1.54) is 11.1 Å². The van der Waals surface area contributed by atoms with Gasteiger partial charge < -0.3 is 4.74 Å². The summed E-state index contributed by atoms with van der Waals surface area (Å²) in [5.41, 5.74) is 3.82. The van der Waals surface area contributed by atoms with E-state index in [-0.39, 0.29) is 0 Å². The van der Waals surface area contributed by atoms with Crippen LogP contribution in [0.2, 0.25) is 0 Å². The molecule has 2 aliphatic rings. The van der Waals surface area contributed by atoms with Gasteiger partial charge in [0.05, 0.1) is 6.61 Å². The van der Waals surface area contributed by atoms with E-state index in [1.807, 2.05) is 6.21 Å². The fraction of sp³-hybridized carbons (Fsp3) is 0.545. The molecule has 2 aliphatic heterocycles. The summed E-state index contributed by atoms with van der Waals surface area (Å²) in [5, 5.41) is 0. The molecule has 13 heavy (non-hydrogen) atoms. The minimum absolute atomic E-state index is 0.828. The fourth-order valence-electron chi connectivity index (χ4n) is 1.86. The first-order valence-electron chi connectivity index (χ1n) is 4.84. The number of aliphatic imine (C=N–C) groups is 1. The maximum Gasteiger partial charge on any atom is 0.123 e. The average Bonchev–Trinajstić information content (AvgIpc) is 2.57. The standard InChI is InChI=1S/C11H15NO/c1-8-4-3-6-12-9(2)10-5-7-13-11(8)10/h6H,3-5,7H2,1-2H3/b10-9-,11-8+,12-6?. The maximum atomic E-state index is 5.62. The minimum atomic E-state index is 0.828. The third kappa shape index (κ3) is 1.53. The van der Waals surface area contributed by atoms with Crippen molar-refractivity contribution in [2.24, 2.45) is 4.99 Å². The van der Waals surface area contributed by atoms with E-state index < -0.39 is 0 Å². The van der Waals surface area contributed by atoms with Gasteiger partial charge in [0.25, 0.3) is 0 Å². The van der Waals surface area contributed by atoms with Crippen LogP contribution >= 0.6 is 0 Å². The summed E-state index contributed by atoms with van der Waals surface area (Å²) in [5.74, 6) is 1.12. The lowest BCUT2D eigenvalue weighted by Gasteiger charge is -2.10. The Kier molecular flexibility index (Phi) is 2.21. The summed E-state index contributed by atoms with van der Waals surface area (Å²) in [4.78, 5) is 4.40. The molecule has 0 aromatic rings. The minimum Gasteiger partial charge on any atom is -0.493 e. The van der Waals surface area contributed by atoms with Crippen LogP contribution in [-0.2, 0) is 4.74 Å². The van der Waals surface area contributed by atoms with Gasteiger partial charge in [-0.15, -0.1) is 0 Å². The Bertz CT molecular complexity index is 310. The summed E-state index contributed by atoms with van der Waals surface area (Å²) in [7, 11) is 0. The van der Waals surface area contributed by atoms with Gasteiger partial charge in [0.15, 0.2) is 0 Å². The smallest absolute Gasteiger partial charge is 0.123 e. The van der Waals surface area contributed by atoms with E-state index in [0.29, 0.717) is 0 Å². The first-order chi connectivity index (χ1) is 6.29. The second-order valence-electron chi connectivity index (χ2n) is 3.62. The Morgan fingerprint density at radius 2 is 2.15 bits per heavy atom. The van der Waals surface area contributed by atoms with Crippen molar-refractivity contribution in [2.45, 2.75) is 33.1 Å². The molecule has 2 rings (SSSR count). The molecule has 0 unspecified atom stereocenters. The molecule has 0 aromatic heterocycles. The second-order valence-corrected chi connectivity index (χ2v) is 3.62. The zero-order valence-corrected chi connectivity index (χ0v) is 8.26. The third-order valence-electron chi connectivity index (χ3n) is 2.63. The highest BCUT2D eigenvalue weighted by Crippen LogP contribution is 2.32. The lowest BCUT2D eigenvalue weighted by molar-refractivity contribution is 0.261. The molecule has 0 N–H and O–H groups in total. The SMILES string of the molecule is C/C1=C2\CCO\C2=C(/C)CCC=N1. The zero-order chi connectivity index (χ0) is 9.26. The van der Waals surface area contributed by atoms with Crippen LogP contribution in [0.4, 0.5) is 0 Å². The molecule has 0 aromatic carbocycles. The van der Waals surface area contributed by atoms with Crippen molar-refractivity contribution in [3.05, 3.63) is 22.6 Å². The monoisotopic (exact) mass is 177 g/mol. The second kappa shape index (κ2) is 3.36. The molecule has 70 valence electrons. The molecule has 0 bridgehead atoms. The van der Waals surface area contributed by atoms with E-state index in [0.717, 1.165) is 37.3 Å². The predicted molar refractivity (Wildman–Crippen MR) is 53.7 cm³/mol. The number of fused-ring (bicyclic) bond motifs is 1. The van der Waals surface area contributed by atoms with Crippen molar-refractivity contribution < 1.29 is 4.74 Å². The summed E-state index contributed by atoms with van der Waals surface area (Å²) < 4.78 is 5.62. The normalized spacial score (nSPS) is 33.7. The highest BCUT2D eigenvalue weighted by Gasteiger charge is 2.20. The Morgan fingerprint density at radius 1 is 1.31 bits per heavy atom. The van der Waals surface area contributed by atoms with Gasteiger partial charge in [0, 0.05) is 23.9 Å². The molecule has 2 heterocycles. The molecule has 1 saturated heterocycles. The summed E-state index contributed by atoms with van der Waals surface area (Å²) in [6, 6.07) is 0. The van der Waals surface area contributed by atoms with Gasteiger partial charge in [-0.3, -0.25) is 4.99 Å². The molecule has 0 aliphatic carbocycles. The Morgan fingerprint density at radius 3 is 3.00 bits per heavy atom. The van der Waals surface area contributed by atoms with E-state index in [9.17, 15) is 0 Å². The fourth-order valence-corrected chi connectivity index (χ4v) is 1.86. The number of hydrogen-bond donors (Lipinski definition) is 0. The molecule has 0 amide bonds. The van der Waals surface area contributed by atoms with E-state index in [1.54, 1.807) is 0 Å². The van der Waals surface area contributed by atoms with Crippen LogP contribution in [0.15, 0.2) is 27.6 Å². The summed E-state index contributed by atoms with van der Waals surface area (Å²) >= 11 is 0. The van der Waals surface area contributed by atoms with Crippen LogP contribution in [0.25, 0.3) is 0 Å². The van der Waals surface area contributed by atoms with Crippen LogP contribution in [0.1, 0.15) is 33.1 Å². The molecule has 0 saturated carbocycles. The van der Waals surface area contributed by atoms with Crippen LogP contribution < -0.4 is 0 Å². The van der Waals surface area contributed by atoms with E-state index in [4.69, 9.17) is 4.74 Å². The number of ether oxygens (including phenoxy) is 1. The Balaban J connectivity index is 2.48. The van der Waals surface area contributed by atoms with Gasteiger partial charge in [0.2, 0.25) is 0 Å². The summed E-state index contributed by atoms with van der Waals surface area (Å²) in [6.45, 7) is 5.06. The first kappa shape index (κ1) is 8.54. The average molecular weight is 177 g/mol. The third-order valence-corrected chi connectivity index (χ3v) is 2.63. The summed E-state index contributed by atoms with van der Waals surface area (Å²) in [6.07, 6.45) is 5.15. The van der Waals surface area contributed by atoms with Crippen LogP contribution in [-0.4, -0.2) is 12.8 Å². The Labute approximate surface area is 79.0 Å². The molecule has 2 heteroatoms. The van der Waals surface area contributed by atoms with Crippen molar-refractivity contribution in [2.75, 3.05) is 6.61 Å². The van der Waals surface area contributed by atoms with Gasteiger partial charge in [-0.05, 0) is 32.3 Å². The van der Waals surface area contributed by atoms with Crippen LogP contribution in [0.5, 0.6) is 0 Å². The lowest BCUT2D eigenvalue weighted by atomic mass is 10.0. The molecule has 2 nitrogen and oxygen atoms in total. The van der Waals surface area contributed by atoms with Crippen LogP contribution in [0, 0.1) is 0 Å². The highest BCUT2D eigenvalue weighted by atomic mass is 16.5. The van der Waals surface area contributed by atoms with Crippen molar-refractivity contribution in [3.8, 4) is 0 Å². The largest absolute Gasteiger partial charge is 0.493 e. The number of nitrogens with zero attached hydrogens (tertiary/aromatic N) is 1. The van der Waals surface area contributed by atoms with E-state index >= 15 is 0 Å². The quantitative estimate of drug-likeness (QED) is 0.557. The van der Waals surface area contributed by atoms with Gasteiger partial charge >= 0.3 is 0 Å². The van der Waals surface area contributed by atoms with Gasteiger partial charge in [-0.2, -0.15) is 0 Å². The van der Waals surface area contributed by atoms with Crippen molar-refractivity contribution in [1.29, 1.82) is 0 Å². The molecule has 0 atom stereocenters. The molecule has 0 spiro atoms. The van der Waals surface area contributed by atoms with Gasteiger partial charge in [-0.25, -0.2) is 0 Å². The van der Waals surface area contributed by atoms with Crippen molar-refractivity contribution >= 4 is 6.21 Å². The van der Waals surface area contributed by atoms with Crippen molar-refractivity contribution in [1.82, 2.24) is 0 Å². The topological polar surface area (TPSA) is 21.6 Å². The molecule has 1 fully saturated rings. The lowest BCUT2D eigenvalue weighted by Crippen LogP contribution is -1.95. The molecular weight excluding hydrogens is 162 g/mol. The molecule has 0 radical (unpaired) electrons. The number of rotatable bonds is 0. The zero-order valence-electron chi connectivity index (χ0n) is 8.26. The first-order valence-corrected chi connectivity index (χ1v) is 4.84. The van der Waals surface area contributed by atoms with Gasteiger partial charge in [-0.1, -0.05) is 0 Å². The maximum absolute atomic E-state index is 5.62. The van der Waals surface area contributed by atoms with Gasteiger partial charge in [0.1, 0.15) is 5.76 Å². The Hall–Kier alpha value is -1.05. The van der Waals surface area contributed by atoms with Crippen molar-refractivity contribution in [3.63, 3.8) is 0 Å².